The predicted molar refractivity (Wildman–Crippen MR) is 124 cm³/mol. The number of aromatic hydroxyl groups is 1. The van der Waals surface area contributed by atoms with Crippen LogP contribution in [0.3, 0.4) is 0 Å². The zero-order chi connectivity index (χ0) is 22.7. The van der Waals surface area contributed by atoms with Gasteiger partial charge < -0.3 is 9.84 Å². The summed E-state index contributed by atoms with van der Waals surface area (Å²) in [4.78, 5) is 17.9. The van der Waals surface area contributed by atoms with E-state index in [-0.39, 0.29) is 11.4 Å². The Morgan fingerprint density at radius 3 is 2.44 bits per heavy atom. The van der Waals surface area contributed by atoms with E-state index in [2.05, 4.69) is 10.1 Å². The second kappa shape index (κ2) is 6.98. The lowest BCUT2D eigenvalue weighted by Crippen LogP contribution is -2.21. The van der Waals surface area contributed by atoms with Gasteiger partial charge in [-0.05, 0) is 49.2 Å². The molecule has 2 aromatic carbocycles. The van der Waals surface area contributed by atoms with Crippen LogP contribution >= 0.6 is 0 Å². The Hall–Kier alpha value is -4.07. The molecule has 0 aliphatic heterocycles. The average Bonchev–Trinajstić information content (AvgIpc) is 3.19. The average molecular weight is 429 g/mol. The fourth-order valence-corrected chi connectivity index (χ4v) is 4.33. The van der Waals surface area contributed by atoms with Gasteiger partial charge in [-0.25, -0.2) is 4.79 Å². The molecule has 0 unspecified atom stereocenters. The molecular formula is C24H23N5O3. The molecule has 3 heterocycles. The van der Waals surface area contributed by atoms with Crippen LogP contribution in [0, 0.1) is 13.8 Å². The van der Waals surface area contributed by atoms with Gasteiger partial charge >= 0.3 is 5.69 Å². The number of nitrogens with zero attached hydrogens (tertiary/aromatic N) is 5. The molecule has 0 aliphatic rings. The van der Waals surface area contributed by atoms with Gasteiger partial charge in [0.2, 0.25) is 0 Å². The first-order valence-electron chi connectivity index (χ1n) is 10.2. The van der Waals surface area contributed by atoms with Gasteiger partial charge in [0, 0.05) is 19.5 Å². The molecular weight excluding hydrogens is 406 g/mol. The Labute approximate surface area is 183 Å². The van der Waals surface area contributed by atoms with E-state index in [9.17, 15) is 9.90 Å². The summed E-state index contributed by atoms with van der Waals surface area (Å²) >= 11 is 0. The summed E-state index contributed by atoms with van der Waals surface area (Å²) in [7, 11) is 5.15. The minimum Gasteiger partial charge on any atom is -0.504 e. The van der Waals surface area contributed by atoms with E-state index in [0.717, 1.165) is 50.1 Å². The first-order valence-corrected chi connectivity index (χ1v) is 10.2. The van der Waals surface area contributed by atoms with E-state index in [1.807, 2.05) is 45.2 Å². The Morgan fingerprint density at radius 1 is 1.03 bits per heavy atom. The summed E-state index contributed by atoms with van der Waals surface area (Å²) in [6.07, 6.45) is 1.74. The van der Waals surface area contributed by atoms with E-state index < -0.39 is 0 Å². The van der Waals surface area contributed by atoms with Crippen molar-refractivity contribution in [3.05, 3.63) is 64.5 Å². The largest absolute Gasteiger partial charge is 0.504 e. The van der Waals surface area contributed by atoms with Crippen LogP contribution < -0.4 is 10.4 Å². The normalized spacial score (nSPS) is 11.5. The van der Waals surface area contributed by atoms with Gasteiger partial charge in [0.15, 0.2) is 11.5 Å². The fourth-order valence-electron chi connectivity index (χ4n) is 4.33. The number of imidazole rings is 1. The van der Waals surface area contributed by atoms with Crippen LogP contribution in [-0.4, -0.2) is 36.1 Å². The fraction of sp³-hybridized carbons (Fsp3) is 0.208. The number of phenols is 1. The minimum absolute atomic E-state index is 0.0838. The number of pyridine rings is 1. The van der Waals surface area contributed by atoms with E-state index in [0.29, 0.717) is 5.75 Å². The molecule has 0 atom stereocenters. The number of aryl methyl sites for hydroxylation is 3. The summed E-state index contributed by atoms with van der Waals surface area (Å²) in [5.41, 5.74) is 6.44. The summed E-state index contributed by atoms with van der Waals surface area (Å²) in [6, 6.07) is 11.2. The van der Waals surface area contributed by atoms with Crippen molar-refractivity contribution in [1.82, 2.24) is 23.9 Å². The molecule has 3 aromatic heterocycles. The van der Waals surface area contributed by atoms with Gasteiger partial charge in [-0.15, -0.1) is 0 Å². The summed E-state index contributed by atoms with van der Waals surface area (Å²) in [5, 5.41) is 15.3. The van der Waals surface area contributed by atoms with E-state index >= 15 is 0 Å². The van der Waals surface area contributed by atoms with Crippen molar-refractivity contribution in [2.45, 2.75) is 13.8 Å². The molecule has 0 spiro atoms. The topological polar surface area (TPSA) is 87.1 Å². The van der Waals surface area contributed by atoms with Crippen LogP contribution in [0.1, 0.15) is 11.4 Å². The molecule has 0 fully saturated rings. The summed E-state index contributed by atoms with van der Waals surface area (Å²) in [5.74, 6) is 0.484. The third kappa shape index (κ3) is 2.72. The van der Waals surface area contributed by atoms with Crippen molar-refractivity contribution < 1.29 is 9.84 Å². The van der Waals surface area contributed by atoms with Crippen LogP contribution in [-0.2, 0) is 14.1 Å². The highest BCUT2D eigenvalue weighted by Crippen LogP contribution is 2.34. The lowest BCUT2D eigenvalue weighted by Gasteiger charge is -2.10. The Balaban J connectivity index is 1.88. The maximum Gasteiger partial charge on any atom is 0.333 e. The maximum absolute atomic E-state index is 13.3. The monoisotopic (exact) mass is 429 g/mol. The molecule has 0 saturated heterocycles. The number of fused-ring (bicyclic) bond motifs is 3. The van der Waals surface area contributed by atoms with Crippen molar-refractivity contribution in [2.75, 3.05) is 7.11 Å². The molecule has 0 amide bonds. The Kier molecular flexibility index (Phi) is 4.33. The molecule has 5 aromatic rings. The SMILES string of the molecule is COc1cc(-c2ccc3ncc4c(c3c2)n(-c2c(C)nn(C)c2C)c(=O)n4C)ccc1O. The molecule has 0 bridgehead atoms. The Bertz CT molecular complexity index is 1590. The lowest BCUT2D eigenvalue weighted by atomic mass is 10.0. The predicted octanol–water partition coefficient (Wildman–Crippen LogP) is 3.61. The highest BCUT2D eigenvalue weighted by molar-refractivity contribution is 6.04. The first-order chi connectivity index (χ1) is 15.3. The van der Waals surface area contributed by atoms with Crippen molar-refractivity contribution in [1.29, 1.82) is 0 Å². The quantitative estimate of drug-likeness (QED) is 0.473. The number of hydrogen-bond acceptors (Lipinski definition) is 5. The number of aromatic nitrogens is 5. The summed E-state index contributed by atoms with van der Waals surface area (Å²) < 4.78 is 10.4. The zero-order valence-electron chi connectivity index (χ0n) is 18.5. The number of rotatable bonds is 3. The maximum atomic E-state index is 13.3. The molecule has 8 heteroatoms. The van der Waals surface area contributed by atoms with Crippen molar-refractivity contribution in [2.24, 2.45) is 14.1 Å². The van der Waals surface area contributed by atoms with Crippen molar-refractivity contribution in [3.8, 4) is 28.3 Å². The number of phenolic OH excluding ortho intramolecular Hbond substituents is 1. The van der Waals surface area contributed by atoms with Crippen LogP contribution in [0.15, 0.2) is 47.4 Å². The van der Waals surface area contributed by atoms with Crippen LogP contribution in [0.4, 0.5) is 0 Å². The molecule has 5 rings (SSSR count). The van der Waals surface area contributed by atoms with Gasteiger partial charge in [-0.3, -0.25) is 18.8 Å². The second-order valence-corrected chi connectivity index (χ2v) is 7.93. The molecule has 0 radical (unpaired) electrons. The van der Waals surface area contributed by atoms with Gasteiger partial charge in [0.25, 0.3) is 0 Å². The van der Waals surface area contributed by atoms with Gasteiger partial charge in [-0.1, -0.05) is 12.1 Å². The molecule has 162 valence electrons. The standard InChI is InChI=1S/C24H23N5O3/c1-13-22(14(2)28(4)26-13)29-23-17-10-15(16-7-9-20(30)21(11-16)32-5)6-8-18(17)25-12-19(23)27(3)24(29)31/h6-12,30H,1-5H3. The third-order valence-electron chi connectivity index (χ3n) is 6.09. The number of hydrogen-bond donors (Lipinski definition) is 1. The van der Waals surface area contributed by atoms with Crippen LogP contribution in [0.2, 0.25) is 0 Å². The minimum atomic E-state index is -0.148. The lowest BCUT2D eigenvalue weighted by molar-refractivity contribution is 0.373. The molecule has 0 aliphatic carbocycles. The third-order valence-corrected chi connectivity index (χ3v) is 6.09. The van der Waals surface area contributed by atoms with E-state index in [4.69, 9.17) is 4.74 Å². The van der Waals surface area contributed by atoms with Crippen molar-refractivity contribution in [3.63, 3.8) is 0 Å². The van der Waals surface area contributed by atoms with E-state index in [1.165, 1.54) is 7.11 Å². The Morgan fingerprint density at radius 2 is 1.75 bits per heavy atom. The molecule has 1 N–H and O–H groups in total. The molecule has 8 nitrogen and oxygen atoms in total. The van der Waals surface area contributed by atoms with Gasteiger partial charge in [0.1, 0.15) is 0 Å². The molecule has 0 saturated carbocycles. The smallest absolute Gasteiger partial charge is 0.333 e. The number of ether oxygens (including phenoxy) is 1. The highest BCUT2D eigenvalue weighted by atomic mass is 16.5. The van der Waals surface area contributed by atoms with Crippen LogP contribution in [0.5, 0.6) is 11.5 Å². The summed E-state index contributed by atoms with van der Waals surface area (Å²) in [6.45, 7) is 3.86. The highest BCUT2D eigenvalue weighted by Gasteiger charge is 2.21. The number of benzene rings is 2. The first kappa shape index (κ1) is 19.9. The van der Waals surface area contributed by atoms with Gasteiger partial charge in [0.05, 0.1) is 46.9 Å². The van der Waals surface area contributed by atoms with Crippen molar-refractivity contribution >= 4 is 21.9 Å². The van der Waals surface area contributed by atoms with E-state index in [1.54, 1.807) is 39.2 Å². The molecule has 32 heavy (non-hydrogen) atoms. The second-order valence-electron chi connectivity index (χ2n) is 7.93. The number of methoxy groups -OCH3 is 1. The zero-order valence-corrected chi connectivity index (χ0v) is 18.5. The van der Waals surface area contributed by atoms with Gasteiger partial charge in [-0.2, -0.15) is 5.10 Å². The van der Waals surface area contributed by atoms with Crippen LogP contribution in [0.25, 0.3) is 38.8 Å².